The molecular formula is C23H28N4O3. The zero-order valence-corrected chi connectivity index (χ0v) is 17.4. The summed E-state index contributed by atoms with van der Waals surface area (Å²) < 4.78 is 0. The van der Waals surface area contributed by atoms with E-state index in [1.54, 1.807) is 11.9 Å². The maximum Gasteiger partial charge on any atom is 0.326 e. The average molecular weight is 409 g/mol. The topological polar surface area (TPSA) is 81.8 Å². The van der Waals surface area contributed by atoms with Gasteiger partial charge in [-0.2, -0.15) is 0 Å². The van der Waals surface area contributed by atoms with E-state index in [-0.39, 0.29) is 25.0 Å². The number of hydrogen-bond acceptors (Lipinski definition) is 4. The molecule has 158 valence electrons. The highest BCUT2D eigenvalue weighted by Gasteiger charge is 2.52. The van der Waals surface area contributed by atoms with Crippen molar-refractivity contribution in [3.05, 3.63) is 71.8 Å². The number of nitrogens with one attached hydrogen (secondary N) is 2. The Bertz CT molecular complexity index is 888. The van der Waals surface area contributed by atoms with Gasteiger partial charge in [0.15, 0.2) is 5.54 Å². The highest BCUT2D eigenvalue weighted by atomic mass is 16.2. The van der Waals surface area contributed by atoms with E-state index in [1.165, 1.54) is 4.90 Å². The van der Waals surface area contributed by atoms with Crippen molar-refractivity contribution in [1.29, 1.82) is 0 Å². The summed E-state index contributed by atoms with van der Waals surface area (Å²) in [5, 5.41) is 5.74. The molecule has 0 saturated carbocycles. The molecule has 1 heterocycles. The Hall–Kier alpha value is -3.19. The maximum absolute atomic E-state index is 13.6. The monoisotopic (exact) mass is 408 g/mol. The number of benzene rings is 2. The molecule has 1 aliphatic heterocycles. The molecule has 0 unspecified atom stereocenters. The number of nitrogens with zero attached hydrogens (tertiary/aromatic N) is 2. The average Bonchev–Trinajstić information content (AvgIpc) is 2.98. The van der Waals surface area contributed by atoms with Crippen LogP contribution in [0.2, 0.25) is 0 Å². The summed E-state index contributed by atoms with van der Waals surface area (Å²) in [6.45, 7) is 2.72. The number of amides is 4. The summed E-state index contributed by atoms with van der Waals surface area (Å²) in [7, 11) is 1.71. The first-order chi connectivity index (χ1) is 14.5. The van der Waals surface area contributed by atoms with E-state index in [1.807, 2.05) is 67.6 Å². The molecule has 1 aliphatic rings. The van der Waals surface area contributed by atoms with Gasteiger partial charge in [0.1, 0.15) is 0 Å². The van der Waals surface area contributed by atoms with Crippen LogP contribution in [0, 0.1) is 0 Å². The van der Waals surface area contributed by atoms with Gasteiger partial charge in [-0.3, -0.25) is 14.5 Å². The van der Waals surface area contributed by atoms with Crippen molar-refractivity contribution in [2.24, 2.45) is 0 Å². The van der Waals surface area contributed by atoms with E-state index in [2.05, 4.69) is 10.6 Å². The van der Waals surface area contributed by atoms with Crippen LogP contribution < -0.4 is 10.6 Å². The van der Waals surface area contributed by atoms with Crippen LogP contribution >= 0.6 is 0 Å². The molecule has 3 rings (SSSR count). The summed E-state index contributed by atoms with van der Waals surface area (Å²) in [6.07, 6.45) is 1.20. The van der Waals surface area contributed by atoms with Crippen LogP contribution in [0.15, 0.2) is 60.7 Å². The normalized spacial score (nSPS) is 18.6. The number of urea groups is 1. The Morgan fingerprint density at radius 3 is 2.33 bits per heavy atom. The van der Waals surface area contributed by atoms with Gasteiger partial charge in [0.05, 0.1) is 13.2 Å². The third kappa shape index (κ3) is 4.68. The predicted octanol–water partition coefficient (Wildman–Crippen LogP) is 2.09. The molecule has 0 spiro atoms. The van der Waals surface area contributed by atoms with Gasteiger partial charge in [0.2, 0.25) is 5.91 Å². The van der Waals surface area contributed by atoms with Crippen molar-refractivity contribution in [3.8, 4) is 0 Å². The van der Waals surface area contributed by atoms with Crippen LogP contribution in [0.4, 0.5) is 4.79 Å². The highest BCUT2D eigenvalue weighted by molar-refractivity contribution is 6.07. The molecule has 7 nitrogen and oxygen atoms in total. The first-order valence-electron chi connectivity index (χ1n) is 10.1. The molecular weight excluding hydrogens is 380 g/mol. The minimum atomic E-state index is -1.18. The minimum absolute atomic E-state index is 0.0353. The molecule has 0 aromatic heterocycles. The standard InChI is InChI=1S/C23H28N4O3/c1-3-14-24-20(28)16-26(2)17-27-21(29)23(25-22(27)30,19-12-8-5-9-13-19)15-18-10-6-4-7-11-18/h4-13H,3,14-17H2,1-2H3,(H,24,28)(H,25,30)/t23-/m0/s1. The molecule has 1 fully saturated rings. The van der Waals surface area contributed by atoms with Crippen molar-refractivity contribution < 1.29 is 14.4 Å². The van der Waals surface area contributed by atoms with E-state index in [4.69, 9.17) is 0 Å². The molecule has 2 N–H and O–H groups in total. The molecule has 2 aromatic rings. The Balaban J connectivity index is 1.82. The van der Waals surface area contributed by atoms with Gasteiger partial charge in [0, 0.05) is 13.0 Å². The quantitative estimate of drug-likeness (QED) is 0.623. The fourth-order valence-corrected chi connectivity index (χ4v) is 3.65. The second kappa shape index (κ2) is 9.54. The maximum atomic E-state index is 13.6. The zero-order valence-electron chi connectivity index (χ0n) is 17.4. The lowest BCUT2D eigenvalue weighted by Crippen LogP contribution is -2.47. The van der Waals surface area contributed by atoms with Crippen LogP contribution in [-0.2, 0) is 21.5 Å². The van der Waals surface area contributed by atoms with E-state index >= 15 is 0 Å². The second-order valence-electron chi connectivity index (χ2n) is 7.60. The van der Waals surface area contributed by atoms with Crippen LogP contribution in [-0.4, -0.2) is 54.5 Å². The van der Waals surface area contributed by atoms with Gasteiger partial charge in [-0.1, -0.05) is 67.6 Å². The van der Waals surface area contributed by atoms with Crippen LogP contribution in [0.3, 0.4) is 0 Å². The molecule has 4 amide bonds. The molecule has 0 radical (unpaired) electrons. The SMILES string of the molecule is CCCNC(=O)CN(C)CN1C(=O)N[C@@](Cc2ccccc2)(c2ccccc2)C1=O. The van der Waals surface area contributed by atoms with E-state index in [0.29, 0.717) is 13.0 Å². The van der Waals surface area contributed by atoms with Crippen molar-refractivity contribution >= 4 is 17.8 Å². The number of rotatable bonds is 9. The van der Waals surface area contributed by atoms with Crippen LogP contribution in [0.25, 0.3) is 0 Å². The lowest BCUT2D eigenvalue weighted by atomic mass is 9.83. The summed E-state index contributed by atoms with van der Waals surface area (Å²) in [5.41, 5.74) is 0.507. The number of hydrogen-bond donors (Lipinski definition) is 2. The smallest absolute Gasteiger partial charge is 0.326 e. The fourth-order valence-electron chi connectivity index (χ4n) is 3.65. The first kappa shape index (κ1) is 21.5. The predicted molar refractivity (Wildman–Crippen MR) is 114 cm³/mol. The number of carbonyl (C=O) groups is 3. The van der Waals surface area contributed by atoms with Crippen LogP contribution in [0.1, 0.15) is 24.5 Å². The van der Waals surface area contributed by atoms with Gasteiger partial charge < -0.3 is 10.6 Å². The Morgan fingerprint density at radius 2 is 1.70 bits per heavy atom. The molecule has 30 heavy (non-hydrogen) atoms. The van der Waals surface area contributed by atoms with E-state index < -0.39 is 11.6 Å². The Labute approximate surface area is 177 Å². The molecule has 1 saturated heterocycles. The third-order valence-corrected chi connectivity index (χ3v) is 5.12. The minimum Gasteiger partial charge on any atom is -0.355 e. The largest absolute Gasteiger partial charge is 0.355 e. The first-order valence-corrected chi connectivity index (χ1v) is 10.1. The van der Waals surface area contributed by atoms with Gasteiger partial charge in [-0.25, -0.2) is 9.69 Å². The van der Waals surface area contributed by atoms with Crippen molar-refractivity contribution in [2.45, 2.75) is 25.3 Å². The Morgan fingerprint density at radius 1 is 1.07 bits per heavy atom. The second-order valence-corrected chi connectivity index (χ2v) is 7.60. The van der Waals surface area contributed by atoms with Gasteiger partial charge in [0.25, 0.3) is 5.91 Å². The lowest BCUT2D eigenvalue weighted by molar-refractivity contribution is -0.134. The Kier molecular flexibility index (Phi) is 6.84. The summed E-state index contributed by atoms with van der Waals surface area (Å²) >= 11 is 0. The van der Waals surface area contributed by atoms with Crippen molar-refractivity contribution in [1.82, 2.24) is 20.4 Å². The molecule has 7 heteroatoms. The summed E-state index contributed by atoms with van der Waals surface area (Å²) in [5.74, 6) is -0.451. The number of carbonyl (C=O) groups excluding carboxylic acids is 3. The third-order valence-electron chi connectivity index (χ3n) is 5.12. The highest BCUT2D eigenvalue weighted by Crippen LogP contribution is 2.33. The number of likely N-dealkylation sites (N-methyl/N-ethyl adjacent to an activating group) is 1. The van der Waals surface area contributed by atoms with E-state index in [9.17, 15) is 14.4 Å². The molecule has 0 bridgehead atoms. The molecule has 2 aromatic carbocycles. The fraction of sp³-hybridized carbons (Fsp3) is 0.348. The summed E-state index contributed by atoms with van der Waals surface area (Å²) in [4.78, 5) is 41.2. The number of imide groups is 1. The van der Waals surface area contributed by atoms with Crippen LogP contribution in [0.5, 0.6) is 0 Å². The zero-order chi connectivity index (χ0) is 21.6. The van der Waals surface area contributed by atoms with E-state index in [0.717, 1.165) is 17.5 Å². The lowest BCUT2D eigenvalue weighted by Gasteiger charge is -2.28. The van der Waals surface area contributed by atoms with Gasteiger partial charge >= 0.3 is 6.03 Å². The summed E-state index contributed by atoms with van der Waals surface area (Å²) in [6, 6.07) is 18.5. The van der Waals surface area contributed by atoms with Gasteiger partial charge in [-0.05, 0) is 24.6 Å². The van der Waals surface area contributed by atoms with Crippen molar-refractivity contribution in [3.63, 3.8) is 0 Å². The molecule has 0 aliphatic carbocycles. The van der Waals surface area contributed by atoms with Crippen molar-refractivity contribution in [2.75, 3.05) is 26.8 Å². The van der Waals surface area contributed by atoms with Gasteiger partial charge in [-0.15, -0.1) is 0 Å². The molecule has 1 atom stereocenters.